The van der Waals surface area contributed by atoms with Crippen molar-refractivity contribution in [2.45, 2.75) is 25.7 Å². The summed E-state index contributed by atoms with van der Waals surface area (Å²) in [6.45, 7) is 2.50. The molecule has 80 valence electrons. The van der Waals surface area contributed by atoms with Crippen molar-refractivity contribution in [2.75, 3.05) is 6.61 Å². The molecule has 1 aromatic carbocycles. The lowest BCUT2D eigenvalue weighted by atomic mass is 10.0. The van der Waals surface area contributed by atoms with E-state index >= 15 is 0 Å². The van der Waals surface area contributed by atoms with Crippen molar-refractivity contribution in [3.8, 4) is 0 Å². The zero-order valence-corrected chi connectivity index (χ0v) is 8.98. The third kappa shape index (κ3) is 2.82. The summed E-state index contributed by atoms with van der Waals surface area (Å²) in [6.07, 6.45) is 2.43. The predicted octanol–water partition coefficient (Wildman–Crippen LogP) is 2.74. The van der Waals surface area contributed by atoms with E-state index < -0.39 is 0 Å². The molecule has 2 nitrogen and oxygen atoms in total. The van der Waals surface area contributed by atoms with Crippen LogP contribution in [0, 0.1) is 5.92 Å². The fourth-order valence-electron chi connectivity index (χ4n) is 1.49. The maximum Gasteiger partial charge on any atom is 0.313 e. The van der Waals surface area contributed by atoms with Gasteiger partial charge in [0.25, 0.3) is 0 Å². The maximum absolute atomic E-state index is 11.7. The van der Waals surface area contributed by atoms with Crippen molar-refractivity contribution in [2.24, 2.45) is 5.92 Å². The van der Waals surface area contributed by atoms with Crippen molar-refractivity contribution >= 4 is 5.97 Å². The Morgan fingerprint density at radius 2 is 2.07 bits per heavy atom. The van der Waals surface area contributed by atoms with E-state index in [1.165, 1.54) is 12.8 Å². The second-order valence-corrected chi connectivity index (χ2v) is 4.21. The van der Waals surface area contributed by atoms with Gasteiger partial charge in [0.1, 0.15) is 0 Å². The molecule has 0 spiro atoms. The predicted molar refractivity (Wildman–Crippen MR) is 58.5 cm³/mol. The Bertz CT molecular complexity index is 328. The van der Waals surface area contributed by atoms with Crippen LogP contribution >= 0.6 is 0 Å². The SMILES string of the molecule is C[C@@H](C(=O)OCC1CC1)c1ccccc1. The van der Waals surface area contributed by atoms with Gasteiger partial charge in [-0.1, -0.05) is 30.3 Å². The normalized spacial score (nSPS) is 17.1. The summed E-state index contributed by atoms with van der Waals surface area (Å²) >= 11 is 0. The summed E-state index contributed by atoms with van der Waals surface area (Å²) in [7, 11) is 0. The molecule has 0 heterocycles. The number of benzene rings is 1. The van der Waals surface area contributed by atoms with Crippen LogP contribution in [0.15, 0.2) is 30.3 Å². The molecule has 1 aromatic rings. The van der Waals surface area contributed by atoms with Gasteiger partial charge in [-0.25, -0.2) is 0 Å². The number of rotatable bonds is 4. The average Bonchev–Trinajstić information content (AvgIpc) is 3.10. The van der Waals surface area contributed by atoms with Crippen LogP contribution in [0.1, 0.15) is 31.2 Å². The highest BCUT2D eigenvalue weighted by molar-refractivity contribution is 5.77. The third-order valence-corrected chi connectivity index (χ3v) is 2.81. The monoisotopic (exact) mass is 204 g/mol. The lowest BCUT2D eigenvalue weighted by Crippen LogP contribution is -2.14. The summed E-state index contributed by atoms with van der Waals surface area (Å²) in [6, 6.07) is 9.76. The fourth-order valence-corrected chi connectivity index (χ4v) is 1.49. The van der Waals surface area contributed by atoms with Gasteiger partial charge < -0.3 is 4.74 Å². The molecular weight excluding hydrogens is 188 g/mol. The quantitative estimate of drug-likeness (QED) is 0.705. The fraction of sp³-hybridized carbons (Fsp3) is 0.462. The molecule has 2 heteroatoms. The van der Waals surface area contributed by atoms with Gasteiger partial charge in [-0.2, -0.15) is 0 Å². The first-order chi connectivity index (χ1) is 7.27. The molecule has 0 saturated heterocycles. The van der Waals surface area contributed by atoms with Crippen molar-refractivity contribution in [1.29, 1.82) is 0 Å². The molecule has 1 aliphatic rings. The van der Waals surface area contributed by atoms with E-state index in [0.29, 0.717) is 12.5 Å². The molecule has 0 bridgehead atoms. The first-order valence-electron chi connectivity index (χ1n) is 5.49. The standard InChI is InChI=1S/C13H16O2/c1-10(12-5-3-2-4-6-12)13(14)15-9-11-7-8-11/h2-6,10-11H,7-9H2,1H3/t10-/m1/s1. The summed E-state index contributed by atoms with van der Waals surface area (Å²) in [5.74, 6) is 0.384. The summed E-state index contributed by atoms with van der Waals surface area (Å²) in [5.41, 5.74) is 1.03. The molecule has 0 N–H and O–H groups in total. The first kappa shape index (κ1) is 10.2. The van der Waals surface area contributed by atoms with Gasteiger partial charge in [0.05, 0.1) is 12.5 Å². The van der Waals surface area contributed by atoms with E-state index in [1.54, 1.807) is 0 Å². The lowest BCUT2D eigenvalue weighted by molar-refractivity contribution is -0.145. The minimum Gasteiger partial charge on any atom is -0.465 e. The van der Waals surface area contributed by atoms with Gasteiger partial charge >= 0.3 is 5.97 Å². The van der Waals surface area contributed by atoms with E-state index in [9.17, 15) is 4.79 Å². The van der Waals surface area contributed by atoms with E-state index in [4.69, 9.17) is 4.74 Å². The van der Waals surface area contributed by atoms with Crippen LogP contribution in [0.25, 0.3) is 0 Å². The van der Waals surface area contributed by atoms with Crippen molar-refractivity contribution in [3.63, 3.8) is 0 Å². The Morgan fingerprint density at radius 3 is 2.67 bits per heavy atom. The number of ether oxygens (including phenoxy) is 1. The van der Waals surface area contributed by atoms with Crippen LogP contribution in [0.3, 0.4) is 0 Å². The minimum absolute atomic E-state index is 0.104. The molecule has 1 saturated carbocycles. The maximum atomic E-state index is 11.7. The molecule has 0 aromatic heterocycles. The highest BCUT2D eigenvalue weighted by Crippen LogP contribution is 2.29. The minimum atomic E-state index is -0.148. The second kappa shape index (κ2) is 4.47. The van der Waals surface area contributed by atoms with Crippen LogP contribution in [0.2, 0.25) is 0 Å². The van der Waals surface area contributed by atoms with Crippen molar-refractivity contribution in [3.05, 3.63) is 35.9 Å². The summed E-state index contributed by atoms with van der Waals surface area (Å²) < 4.78 is 5.24. The molecule has 0 unspecified atom stereocenters. The van der Waals surface area contributed by atoms with Crippen molar-refractivity contribution in [1.82, 2.24) is 0 Å². The largest absolute Gasteiger partial charge is 0.465 e. The van der Waals surface area contributed by atoms with E-state index in [0.717, 1.165) is 5.56 Å². The smallest absolute Gasteiger partial charge is 0.313 e. The Hall–Kier alpha value is -1.31. The highest BCUT2D eigenvalue weighted by atomic mass is 16.5. The van der Waals surface area contributed by atoms with Gasteiger partial charge in [-0.15, -0.1) is 0 Å². The molecule has 0 amide bonds. The van der Waals surface area contributed by atoms with Gasteiger partial charge in [0.2, 0.25) is 0 Å². The molecule has 1 atom stereocenters. The molecule has 1 fully saturated rings. The number of hydrogen-bond donors (Lipinski definition) is 0. The zero-order chi connectivity index (χ0) is 10.7. The van der Waals surface area contributed by atoms with Crippen LogP contribution in [0.5, 0.6) is 0 Å². The Labute approximate surface area is 90.3 Å². The first-order valence-corrected chi connectivity index (χ1v) is 5.49. The third-order valence-electron chi connectivity index (χ3n) is 2.81. The average molecular weight is 204 g/mol. The van der Waals surface area contributed by atoms with E-state index in [1.807, 2.05) is 37.3 Å². The van der Waals surface area contributed by atoms with Crippen LogP contribution < -0.4 is 0 Å². The van der Waals surface area contributed by atoms with Gasteiger partial charge in [-0.3, -0.25) is 4.79 Å². The van der Waals surface area contributed by atoms with Gasteiger partial charge in [-0.05, 0) is 31.2 Å². The van der Waals surface area contributed by atoms with Crippen LogP contribution in [0.4, 0.5) is 0 Å². The molecule has 2 rings (SSSR count). The number of carbonyl (C=O) groups excluding carboxylic acids is 1. The molecule has 1 aliphatic carbocycles. The van der Waals surface area contributed by atoms with E-state index in [-0.39, 0.29) is 11.9 Å². The van der Waals surface area contributed by atoms with E-state index in [2.05, 4.69) is 0 Å². The van der Waals surface area contributed by atoms with Crippen LogP contribution in [-0.2, 0) is 9.53 Å². The Morgan fingerprint density at radius 1 is 1.40 bits per heavy atom. The molecule has 0 radical (unpaired) electrons. The highest BCUT2D eigenvalue weighted by Gasteiger charge is 2.24. The Balaban J connectivity index is 1.88. The summed E-state index contributed by atoms with van der Waals surface area (Å²) in [4.78, 5) is 11.7. The topological polar surface area (TPSA) is 26.3 Å². The Kier molecular flexibility index (Phi) is 3.05. The van der Waals surface area contributed by atoms with Crippen molar-refractivity contribution < 1.29 is 9.53 Å². The second-order valence-electron chi connectivity index (χ2n) is 4.21. The number of carbonyl (C=O) groups is 1. The molecular formula is C13H16O2. The summed E-state index contributed by atoms with van der Waals surface area (Å²) in [5, 5.41) is 0. The number of esters is 1. The van der Waals surface area contributed by atoms with Crippen LogP contribution in [-0.4, -0.2) is 12.6 Å². The van der Waals surface area contributed by atoms with Gasteiger partial charge in [0.15, 0.2) is 0 Å². The molecule has 0 aliphatic heterocycles. The molecule has 15 heavy (non-hydrogen) atoms. The lowest BCUT2D eigenvalue weighted by Gasteiger charge is -2.11. The number of hydrogen-bond acceptors (Lipinski definition) is 2. The zero-order valence-electron chi connectivity index (χ0n) is 8.98. The van der Waals surface area contributed by atoms with Gasteiger partial charge in [0, 0.05) is 0 Å².